The Morgan fingerprint density at radius 1 is 1.14 bits per heavy atom. The fourth-order valence-corrected chi connectivity index (χ4v) is 2.38. The first-order chi connectivity index (χ1) is 10.1. The minimum Gasteiger partial charge on any atom is -0.508 e. The summed E-state index contributed by atoms with van der Waals surface area (Å²) in [6.07, 6.45) is 0. The number of nitrogens with one attached hydrogen (secondary N) is 1. The Morgan fingerprint density at radius 3 is 2.48 bits per heavy atom. The maximum atomic E-state index is 9.27. The van der Waals surface area contributed by atoms with E-state index >= 15 is 0 Å². The molecule has 0 aliphatic carbocycles. The van der Waals surface area contributed by atoms with Crippen molar-refractivity contribution in [1.82, 2.24) is 0 Å². The Bertz CT molecular complexity index is 599. The zero-order chi connectivity index (χ0) is 15.2. The van der Waals surface area contributed by atoms with Gasteiger partial charge in [0.1, 0.15) is 5.75 Å². The van der Waals surface area contributed by atoms with E-state index in [1.54, 1.807) is 19.2 Å². The van der Waals surface area contributed by atoms with Crippen LogP contribution in [0.5, 0.6) is 17.2 Å². The molecule has 0 bridgehead atoms. The molecule has 0 saturated carbocycles. The topological polar surface area (TPSA) is 50.7 Å². The third kappa shape index (κ3) is 4.04. The molecule has 0 atom stereocenters. The number of anilines is 1. The number of ether oxygens (including phenoxy) is 2. The molecule has 0 heterocycles. The van der Waals surface area contributed by atoms with E-state index in [4.69, 9.17) is 9.47 Å². The molecular formula is C16H18BrNO3. The van der Waals surface area contributed by atoms with E-state index < -0.39 is 0 Å². The summed E-state index contributed by atoms with van der Waals surface area (Å²) in [6.45, 7) is 3.16. The van der Waals surface area contributed by atoms with Gasteiger partial charge < -0.3 is 19.9 Å². The second-order valence-corrected chi connectivity index (χ2v) is 5.28. The summed E-state index contributed by atoms with van der Waals surface area (Å²) in [5.41, 5.74) is 2.00. The van der Waals surface area contributed by atoms with E-state index in [0.29, 0.717) is 18.9 Å². The number of phenols is 1. The van der Waals surface area contributed by atoms with Crippen molar-refractivity contribution in [1.29, 1.82) is 0 Å². The lowest BCUT2D eigenvalue weighted by atomic mass is 10.2. The van der Waals surface area contributed by atoms with Crippen molar-refractivity contribution in [3.05, 3.63) is 46.4 Å². The van der Waals surface area contributed by atoms with E-state index in [2.05, 4.69) is 21.2 Å². The van der Waals surface area contributed by atoms with Crippen LogP contribution in [0.3, 0.4) is 0 Å². The predicted octanol–water partition coefficient (Wildman–Crippen LogP) is 4.17. The van der Waals surface area contributed by atoms with Gasteiger partial charge in [0.25, 0.3) is 0 Å². The molecule has 0 aromatic heterocycles. The smallest absolute Gasteiger partial charge is 0.161 e. The third-order valence-electron chi connectivity index (χ3n) is 2.98. The van der Waals surface area contributed by atoms with Crippen molar-refractivity contribution >= 4 is 21.6 Å². The monoisotopic (exact) mass is 351 g/mol. The molecule has 0 radical (unpaired) electrons. The Hall–Kier alpha value is -1.88. The maximum absolute atomic E-state index is 9.27. The van der Waals surface area contributed by atoms with Gasteiger partial charge in [-0.1, -0.05) is 15.9 Å². The van der Waals surface area contributed by atoms with Crippen molar-refractivity contribution in [3.63, 3.8) is 0 Å². The summed E-state index contributed by atoms with van der Waals surface area (Å²) in [7, 11) is 1.62. The molecule has 2 aromatic carbocycles. The van der Waals surface area contributed by atoms with E-state index in [1.165, 1.54) is 0 Å². The number of rotatable bonds is 6. The Balaban J connectivity index is 2.15. The molecule has 0 unspecified atom stereocenters. The number of hydrogen-bond donors (Lipinski definition) is 2. The third-order valence-corrected chi connectivity index (χ3v) is 3.72. The van der Waals surface area contributed by atoms with Crippen LogP contribution in [0, 0.1) is 0 Å². The summed E-state index contributed by atoms with van der Waals surface area (Å²) in [6, 6.07) is 10.8. The first kappa shape index (κ1) is 15.5. The van der Waals surface area contributed by atoms with Gasteiger partial charge in [0, 0.05) is 16.7 Å². The molecule has 0 aliphatic rings. The number of aromatic hydroxyl groups is 1. The molecule has 112 valence electrons. The highest BCUT2D eigenvalue weighted by Gasteiger charge is 2.10. The van der Waals surface area contributed by atoms with Gasteiger partial charge in [-0.3, -0.25) is 0 Å². The summed E-state index contributed by atoms with van der Waals surface area (Å²) >= 11 is 3.54. The summed E-state index contributed by atoms with van der Waals surface area (Å²) in [4.78, 5) is 0. The average Bonchev–Trinajstić information content (AvgIpc) is 2.49. The fraction of sp³-hybridized carbons (Fsp3) is 0.250. The molecule has 0 spiro atoms. The van der Waals surface area contributed by atoms with Gasteiger partial charge in [0.2, 0.25) is 0 Å². The maximum Gasteiger partial charge on any atom is 0.161 e. The molecule has 2 N–H and O–H groups in total. The number of benzene rings is 2. The van der Waals surface area contributed by atoms with Gasteiger partial charge in [-0.15, -0.1) is 0 Å². The van der Waals surface area contributed by atoms with Crippen LogP contribution in [-0.2, 0) is 6.54 Å². The summed E-state index contributed by atoms with van der Waals surface area (Å²) in [5, 5.41) is 12.6. The molecule has 2 rings (SSSR count). The standard InChI is InChI=1S/C16H18BrNO3/c1-3-21-16-8-11(14(17)9-15(16)20-2)10-18-12-4-6-13(19)7-5-12/h4-9,18-19H,3,10H2,1-2H3. The average molecular weight is 352 g/mol. The van der Waals surface area contributed by atoms with Crippen LogP contribution in [0.15, 0.2) is 40.9 Å². The van der Waals surface area contributed by atoms with Crippen LogP contribution < -0.4 is 14.8 Å². The number of hydrogen-bond acceptors (Lipinski definition) is 4. The van der Waals surface area contributed by atoms with E-state index in [-0.39, 0.29) is 5.75 Å². The second-order valence-electron chi connectivity index (χ2n) is 4.43. The second kappa shape index (κ2) is 7.22. The highest BCUT2D eigenvalue weighted by atomic mass is 79.9. The zero-order valence-corrected chi connectivity index (χ0v) is 13.6. The molecule has 0 amide bonds. The summed E-state index contributed by atoms with van der Waals surface area (Å²) < 4.78 is 11.8. The minimum absolute atomic E-state index is 0.254. The molecule has 5 heteroatoms. The van der Waals surface area contributed by atoms with Crippen molar-refractivity contribution in [2.45, 2.75) is 13.5 Å². The first-order valence-corrected chi connectivity index (χ1v) is 7.45. The van der Waals surface area contributed by atoms with Crippen LogP contribution in [0.1, 0.15) is 12.5 Å². The lowest BCUT2D eigenvalue weighted by Gasteiger charge is -2.14. The lowest BCUT2D eigenvalue weighted by molar-refractivity contribution is 0.310. The molecule has 21 heavy (non-hydrogen) atoms. The van der Waals surface area contributed by atoms with Crippen LogP contribution in [0.25, 0.3) is 0 Å². The Labute approximate surface area is 132 Å². The van der Waals surface area contributed by atoms with Gasteiger partial charge in [-0.05, 0) is 48.9 Å². The highest BCUT2D eigenvalue weighted by molar-refractivity contribution is 9.10. The number of methoxy groups -OCH3 is 1. The van der Waals surface area contributed by atoms with E-state index in [1.807, 2.05) is 31.2 Å². The predicted molar refractivity (Wildman–Crippen MR) is 87.3 cm³/mol. The van der Waals surface area contributed by atoms with Crippen molar-refractivity contribution in [2.75, 3.05) is 19.0 Å². The van der Waals surface area contributed by atoms with Crippen LogP contribution >= 0.6 is 15.9 Å². The van der Waals surface area contributed by atoms with Gasteiger partial charge in [-0.2, -0.15) is 0 Å². The van der Waals surface area contributed by atoms with Crippen LogP contribution in [0.4, 0.5) is 5.69 Å². The zero-order valence-electron chi connectivity index (χ0n) is 12.0. The molecule has 0 aliphatic heterocycles. The van der Waals surface area contributed by atoms with E-state index in [0.717, 1.165) is 21.5 Å². The Morgan fingerprint density at radius 2 is 1.86 bits per heavy atom. The van der Waals surface area contributed by atoms with Crippen molar-refractivity contribution in [2.24, 2.45) is 0 Å². The van der Waals surface area contributed by atoms with Crippen LogP contribution in [0.2, 0.25) is 0 Å². The molecular weight excluding hydrogens is 334 g/mol. The largest absolute Gasteiger partial charge is 0.508 e. The normalized spacial score (nSPS) is 10.2. The first-order valence-electron chi connectivity index (χ1n) is 6.66. The molecule has 2 aromatic rings. The van der Waals surface area contributed by atoms with Crippen molar-refractivity contribution in [3.8, 4) is 17.2 Å². The molecule has 0 fully saturated rings. The van der Waals surface area contributed by atoms with Gasteiger partial charge in [0.15, 0.2) is 11.5 Å². The lowest BCUT2D eigenvalue weighted by Crippen LogP contribution is -2.02. The van der Waals surface area contributed by atoms with Crippen molar-refractivity contribution < 1.29 is 14.6 Å². The van der Waals surface area contributed by atoms with Crippen LogP contribution in [-0.4, -0.2) is 18.8 Å². The van der Waals surface area contributed by atoms with Gasteiger partial charge in [0.05, 0.1) is 13.7 Å². The molecule has 4 nitrogen and oxygen atoms in total. The molecule has 0 saturated heterocycles. The Kier molecular flexibility index (Phi) is 5.33. The van der Waals surface area contributed by atoms with E-state index in [9.17, 15) is 5.11 Å². The minimum atomic E-state index is 0.254. The van der Waals surface area contributed by atoms with Gasteiger partial charge >= 0.3 is 0 Å². The number of halogens is 1. The summed E-state index contributed by atoms with van der Waals surface area (Å²) in [5.74, 6) is 1.69. The fourth-order valence-electron chi connectivity index (χ4n) is 1.92. The highest BCUT2D eigenvalue weighted by Crippen LogP contribution is 2.34. The number of phenolic OH excluding ortho intramolecular Hbond substituents is 1. The van der Waals surface area contributed by atoms with Gasteiger partial charge in [-0.25, -0.2) is 0 Å². The quantitative estimate of drug-likeness (QED) is 0.766. The SMILES string of the molecule is CCOc1cc(CNc2ccc(O)cc2)c(Br)cc1OC.